The van der Waals surface area contributed by atoms with Crippen molar-refractivity contribution in [3.63, 3.8) is 0 Å². The van der Waals surface area contributed by atoms with Crippen molar-refractivity contribution in [2.24, 2.45) is 5.92 Å². The molecule has 0 radical (unpaired) electrons. The molecule has 2 rings (SSSR count). The van der Waals surface area contributed by atoms with Gasteiger partial charge in [-0.3, -0.25) is 0 Å². The van der Waals surface area contributed by atoms with Crippen molar-refractivity contribution in [2.75, 3.05) is 6.61 Å². The molecule has 0 amide bonds. The van der Waals surface area contributed by atoms with Crippen LogP contribution in [-0.2, 0) is 6.42 Å². The third-order valence-corrected chi connectivity index (χ3v) is 5.18. The minimum atomic E-state index is -0.645. The number of rotatable bonds is 7. The van der Waals surface area contributed by atoms with E-state index in [9.17, 15) is 19.7 Å². The molecule has 0 bridgehead atoms. The van der Waals surface area contributed by atoms with Gasteiger partial charge in [-0.2, -0.15) is 0 Å². The maximum atomic E-state index is 14.7. The van der Waals surface area contributed by atoms with Crippen LogP contribution >= 0.6 is 0 Å². The summed E-state index contributed by atoms with van der Waals surface area (Å²) < 4.78 is 14.7. The zero-order valence-electron chi connectivity index (χ0n) is 15.2. The van der Waals surface area contributed by atoms with Crippen LogP contribution in [0.2, 0.25) is 0 Å². The summed E-state index contributed by atoms with van der Waals surface area (Å²) in [6.07, 6.45) is 6.65. The summed E-state index contributed by atoms with van der Waals surface area (Å²) in [6, 6.07) is 1.44. The maximum absolute atomic E-state index is 14.7. The molecule has 3 nitrogen and oxygen atoms in total. The summed E-state index contributed by atoms with van der Waals surface area (Å²) in [5, 5.41) is 30.4. The van der Waals surface area contributed by atoms with E-state index in [1.807, 2.05) is 13.0 Å². The van der Waals surface area contributed by atoms with Crippen molar-refractivity contribution < 1.29 is 19.7 Å². The summed E-state index contributed by atoms with van der Waals surface area (Å²) in [4.78, 5) is 0. The molecule has 0 spiro atoms. The molecule has 0 aromatic heterocycles. The SMILES string of the molecule is C=C(C)[C@@H]1CCC(CO)=C[C@H]1c1c(O)cc(CCCCC)c(F)c1O. The number of phenolic OH excluding ortho intramolecular Hbond substituents is 2. The molecule has 25 heavy (non-hydrogen) atoms. The van der Waals surface area contributed by atoms with Gasteiger partial charge in [0.25, 0.3) is 0 Å². The Morgan fingerprint density at radius 3 is 2.64 bits per heavy atom. The number of aryl methyl sites for hydroxylation is 1. The molecule has 0 saturated carbocycles. The fourth-order valence-electron chi connectivity index (χ4n) is 3.72. The van der Waals surface area contributed by atoms with E-state index >= 15 is 0 Å². The average Bonchev–Trinajstić information content (AvgIpc) is 2.59. The molecule has 0 aliphatic heterocycles. The first-order valence-corrected chi connectivity index (χ1v) is 9.09. The minimum Gasteiger partial charge on any atom is -0.507 e. The number of hydrogen-bond donors (Lipinski definition) is 3. The molecule has 2 atom stereocenters. The Bertz CT molecular complexity index is 664. The molecule has 4 heteroatoms. The van der Waals surface area contributed by atoms with Crippen LogP contribution in [0.25, 0.3) is 0 Å². The van der Waals surface area contributed by atoms with Crippen molar-refractivity contribution in [1.82, 2.24) is 0 Å². The van der Waals surface area contributed by atoms with Crippen molar-refractivity contribution in [2.45, 2.75) is 58.3 Å². The second-order valence-electron chi connectivity index (χ2n) is 7.09. The van der Waals surface area contributed by atoms with Crippen LogP contribution in [-0.4, -0.2) is 21.9 Å². The molecule has 1 aromatic rings. The first-order chi connectivity index (χ1) is 11.9. The molecule has 0 unspecified atom stereocenters. The number of halogens is 1. The lowest BCUT2D eigenvalue weighted by atomic mass is 9.73. The fraction of sp³-hybridized carbons (Fsp3) is 0.524. The largest absolute Gasteiger partial charge is 0.507 e. The lowest BCUT2D eigenvalue weighted by molar-refractivity contribution is 0.313. The summed E-state index contributed by atoms with van der Waals surface area (Å²) in [5.74, 6) is -1.59. The second-order valence-corrected chi connectivity index (χ2v) is 7.09. The lowest BCUT2D eigenvalue weighted by Crippen LogP contribution is -2.19. The highest BCUT2D eigenvalue weighted by molar-refractivity contribution is 5.53. The quantitative estimate of drug-likeness (QED) is 0.482. The van der Waals surface area contributed by atoms with Crippen LogP contribution in [0.1, 0.15) is 63.0 Å². The smallest absolute Gasteiger partial charge is 0.168 e. The number of unbranched alkanes of at least 4 members (excludes halogenated alkanes) is 2. The van der Waals surface area contributed by atoms with Crippen LogP contribution in [0.15, 0.2) is 29.9 Å². The number of phenols is 2. The predicted octanol–water partition coefficient (Wildman–Crippen LogP) is 4.96. The fourth-order valence-corrected chi connectivity index (χ4v) is 3.72. The van der Waals surface area contributed by atoms with Crippen LogP contribution in [0.5, 0.6) is 11.5 Å². The van der Waals surface area contributed by atoms with Gasteiger partial charge >= 0.3 is 0 Å². The zero-order chi connectivity index (χ0) is 18.6. The number of aromatic hydroxyl groups is 2. The van der Waals surface area contributed by atoms with Gasteiger partial charge < -0.3 is 15.3 Å². The molecular formula is C21H29FO3. The molecule has 0 fully saturated rings. The van der Waals surface area contributed by atoms with Gasteiger partial charge in [0.1, 0.15) is 5.75 Å². The molecule has 0 saturated heterocycles. The highest BCUT2D eigenvalue weighted by Crippen LogP contribution is 2.47. The lowest BCUT2D eigenvalue weighted by Gasteiger charge is -2.32. The number of hydrogen-bond acceptors (Lipinski definition) is 3. The summed E-state index contributed by atoms with van der Waals surface area (Å²) in [7, 11) is 0. The zero-order valence-corrected chi connectivity index (χ0v) is 15.2. The van der Waals surface area contributed by atoms with Gasteiger partial charge in [0, 0.05) is 11.5 Å². The van der Waals surface area contributed by atoms with E-state index in [1.54, 1.807) is 0 Å². The number of aliphatic hydroxyl groups excluding tert-OH is 1. The normalized spacial score (nSPS) is 20.4. The van der Waals surface area contributed by atoms with Gasteiger partial charge in [0.2, 0.25) is 0 Å². The number of aliphatic hydroxyl groups is 1. The molecule has 1 aliphatic carbocycles. The molecule has 1 aromatic carbocycles. The Morgan fingerprint density at radius 2 is 2.04 bits per heavy atom. The Kier molecular flexibility index (Phi) is 6.65. The van der Waals surface area contributed by atoms with E-state index < -0.39 is 11.6 Å². The maximum Gasteiger partial charge on any atom is 0.168 e. The Morgan fingerprint density at radius 1 is 1.32 bits per heavy atom. The van der Waals surface area contributed by atoms with Gasteiger partial charge in [-0.25, -0.2) is 4.39 Å². The van der Waals surface area contributed by atoms with E-state index in [0.29, 0.717) is 12.0 Å². The molecular weight excluding hydrogens is 319 g/mol. The summed E-state index contributed by atoms with van der Waals surface area (Å²) in [6.45, 7) is 7.91. The van der Waals surface area contributed by atoms with Gasteiger partial charge in [0.15, 0.2) is 11.6 Å². The molecule has 138 valence electrons. The van der Waals surface area contributed by atoms with E-state index in [0.717, 1.165) is 43.3 Å². The third kappa shape index (κ3) is 4.24. The van der Waals surface area contributed by atoms with Crippen LogP contribution < -0.4 is 0 Å². The Hall–Kier alpha value is -1.81. The number of benzene rings is 1. The molecule has 3 N–H and O–H groups in total. The monoisotopic (exact) mass is 348 g/mol. The van der Waals surface area contributed by atoms with Crippen LogP contribution in [0.3, 0.4) is 0 Å². The van der Waals surface area contributed by atoms with Crippen molar-refractivity contribution in [1.29, 1.82) is 0 Å². The molecule has 0 heterocycles. The van der Waals surface area contributed by atoms with E-state index in [1.165, 1.54) is 6.07 Å². The summed E-state index contributed by atoms with van der Waals surface area (Å²) >= 11 is 0. The average molecular weight is 348 g/mol. The third-order valence-electron chi connectivity index (χ3n) is 5.18. The summed E-state index contributed by atoms with van der Waals surface area (Å²) in [5.41, 5.74) is 2.31. The first-order valence-electron chi connectivity index (χ1n) is 9.09. The Labute approximate surface area is 149 Å². The highest BCUT2D eigenvalue weighted by Gasteiger charge is 2.32. The Balaban J connectivity index is 2.46. The topological polar surface area (TPSA) is 60.7 Å². The van der Waals surface area contributed by atoms with Gasteiger partial charge in [0.05, 0.1) is 6.61 Å². The second kappa shape index (κ2) is 8.52. The van der Waals surface area contributed by atoms with Gasteiger partial charge in [-0.1, -0.05) is 38.0 Å². The van der Waals surface area contributed by atoms with Crippen molar-refractivity contribution >= 4 is 0 Å². The first kappa shape index (κ1) is 19.5. The van der Waals surface area contributed by atoms with Crippen LogP contribution in [0, 0.1) is 11.7 Å². The predicted molar refractivity (Wildman–Crippen MR) is 98.4 cm³/mol. The van der Waals surface area contributed by atoms with Crippen LogP contribution in [0.4, 0.5) is 4.39 Å². The van der Waals surface area contributed by atoms with Gasteiger partial charge in [-0.15, -0.1) is 0 Å². The number of allylic oxidation sites excluding steroid dienone is 2. The van der Waals surface area contributed by atoms with E-state index in [-0.39, 0.29) is 29.8 Å². The van der Waals surface area contributed by atoms with Crippen molar-refractivity contribution in [3.05, 3.63) is 46.8 Å². The van der Waals surface area contributed by atoms with E-state index in [2.05, 4.69) is 13.5 Å². The highest BCUT2D eigenvalue weighted by atomic mass is 19.1. The van der Waals surface area contributed by atoms with Gasteiger partial charge in [-0.05, 0) is 55.7 Å². The molecule has 1 aliphatic rings. The van der Waals surface area contributed by atoms with E-state index in [4.69, 9.17) is 0 Å². The minimum absolute atomic E-state index is 0.00237. The van der Waals surface area contributed by atoms with Crippen molar-refractivity contribution in [3.8, 4) is 11.5 Å². The standard InChI is InChI=1S/C21H29FO3/c1-4-5-6-7-15-11-18(24)19(21(25)20(15)22)17-10-14(12-23)8-9-16(17)13(2)3/h10-11,16-17,23-25H,2,4-9,12H2,1,3H3/t16-,17+/m0/s1.